The van der Waals surface area contributed by atoms with Crippen molar-refractivity contribution in [2.24, 2.45) is 0 Å². The minimum atomic E-state index is -0.993. The smallest absolute Gasteiger partial charge is 0.335 e. The molecule has 4 rings (SSSR count). The molecule has 0 atom stereocenters. The molecule has 4 aromatic rings. The molecule has 0 saturated carbocycles. The predicted octanol–water partition coefficient (Wildman–Crippen LogP) is 6.43. The summed E-state index contributed by atoms with van der Waals surface area (Å²) in [5.41, 5.74) is 3.36. The lowest BCUT2D eigenvalue weighted by molar-refractivity contribution is 0.0697. The normalized spacial score (nSPS) is 10.6. The molecule has 0 spiro atoms. The van der Waals surface area contributed by atoms with Crippen LogP contribution in [0.1, 0.15) is 27.0 Å². The van der Waals surface area contributed by atoms with Crippen LogP contribution in [0.2, 0.25) is 0 Å². The van der Waals surface area contributed by atoms with E-state index >= 15 is 0 Å². The monoisotopic (exact) mass is 475 g/mol. The number of ether oxygens (including phenoxy) is 2. The Kier molecular flexibility index (Phi) is 7.57. The van der Waals surface area contributed by atoms with E-state index in [0.717, 1.165) is 16.7 Å². The van der Waals surface area contributed by atoms with Gasteiger partial charge in [-0.15, -0.1) is 0 Å². The van der Waals surface area contributed by atoms with Gasteiger partial charge in [-0.2, -0.15) is 0 Å². The third-order valence-electron chi connectivity index (χ3n) is 5.23. The van der Waals surface area contributed by atoms with Crippen molar-refractivity contribution in [3.8, 4) is 11.5 Å². The van der Waals surface area contributed by atoms with E-state index in [2.05, 4.69) is 5.32 Å². The zero-order valence-electron chi connectivity index (χ0n) is 18.7. The summed E-state index contributed by atoms with van der Waals surface area (Å²) in [6, 6.07) is 24.1. The van der Waals surface area contributed by atoms with Gasteiger partial charge >= 0.3 is 5.97 Å². The summed E-state index contributed by atoms with van der Waals surface area (Å²) in [7, 11) is 0. The van der Waals surface area contributed by atoms with Gasteiger partial charge in [0.2, 0.25) is 0 Å². The van der Waals surface area contributed by atoms with E-state index in [0.29, 0.717) is 23.7 Å². The highest BCUT2D eigenvalue weighted by molar-refractivity contribution is 5.88. The van der Waals surface area contributed by atoms with Crippen LogP contribution in [-0.4, -0.2) is 11.1 Å². The standard InChI is InChI=1S/C28H23F2NO4/c29-23-9-4-19(5-10-23)17-34-26-13-8-21(16-31-25-3-1-2-22(15-25)28(32)33)14-27(26)35-18-20-6-11-24(30)12-7-20/h1-15,31H,16-18H2,(H,32,33). The quantitative estimate of drug-likeness (QED) is 0.277. The number of aromatic carboxylic acids is 1. The van der Waals surface area contributed by atoms with Crippen LogP contribution in [0, 0.1) is 11.6 Å². The molecule has 0 fully saturated rings. The second kappa shape index (κ2) is 11.2. The molecule has 2 N–H and O–H groups in total. The zero-order chi connectivity index (χ0) is 24.6. The van der Waals surface area contributed by atoms with Gasteiger partial charge in [0.1, 0.15) is 24.8 Å². The molecule has 0 bridgehead atoms. The molecule has 35 heavy (non-hydrogen) atoms. The summed E-state index contributed by atoms with van der Waals surface area (Å²) in [6.45, 7) is 0.867. The number of hydrogen-bond acceptors (Lipinski definition) is 4. The summed E-state index contributed by atoms with van der Waals surface area (Å²) < 4.78 is 38.3. The highest BCUT2D eigenvalue weighted by Crippen LogP contribution is 2.30. The number of carboxylic acids is 1. The fraction of sp³-hybridized carbons (Fsp3) is 0.107. The van der Waals surface area contributed by atoms with Crippen molar-refractivity contribution in [2.75, 3.05) is 5.32 Å². The van der Waals surface area contributed by atoms with Crippen molar-refractivity contribution in [3.63, 3.8) is 0 Å². The van der Waals surface area contributed by atoms with Crippen LogP contribution < -0.4 is 14.8 Å². The molecule has 7 heteroatoms. The maximum absolute atomic E-state index is 13.2. The SMILES string of the molecule is O=C(O)c1cccc(NCc2ccc(OCc3ccc(F)cc3)c(OCc3ccc(F)cc3)c2)c1. The average molecular weight is 475 g/mol. The Morgan fingerprint density at radius 1 is 0.714 bits per heavy atom. The van der Waals surface area contributed by atoms with Crippen molar-refractivity contribution in [1.82, 2.24) is 0 Å². The van der Waals surface area contributed by atoms with Crippen LogP contribution in [0.15, 0.2) is 91.0 Å². The van der Waals surface area contributed by atoms with E-state index in [-0.39, 0.29) is 30.4 Å². The van der Waals surface area contributed by atoms with Crippen LogP contribution in [0.5, 0.6) is 11.5 Å². The van der Waals surface area contributed by atoms with E-state index in [9.17, 15) is 18.7 Å². The van der Waals surface area contributed by atoms with Crippen molar-refractivity contribution < 1.29 is 28.2 Å². The van der Waals surface area contributed by atoms with Gasteiger partial charge in [0, 0.05) is 12.2 Å². The molecule has 0 amide bonds. The number of hydrogen-bond donors (Lipinski definition) is 2. The van der Waals surface area contributed by atoms with E-state index < -0.39 is 5.97 Å². The van der Waals surface area contributed by atoms with Crippen molar-refractivity contribution >= 4 is 11.7 Å². The van der Waals surface area contributed by atoms with Gasteiger partial charge in [-0.3, -0.25) is 0 Å². The second-order valence-electron chi connectivity index (χ2n) is 7.85. The van der Waals surface area contributed by atoms with Crippen molar-refractivity contribution in [1.29, 1.82) is 0 Å². The Bertz CT molecular complexity index is 1290. The van der Waals surface area contributed by atoms with E-state index in [1.165, 1.54) is 30.3 Å². The minimum Gasteiger partial charge on any atom is -0.485 e. The van der Waals surface area contributed by atoms with Gasteiger partial charge in [-0.25, -0.2) is 13.6 Å². The summed E-state index contributed by atoms with van der Waals surface area (Å²) in [6.07, 6.45) is 0. The molecule has 0 unspecified atom stereocenters. The third kappa shape index (κ3) is 6.80. The average Bonchev–Trinajstić information content (AvgIpc) is 2.87. The van der Waals surface area contributed by atoms with E-state index in [1.807, 2.05) is 12.1 Å². The van der Waals surface area contributed by atoms with Crippen LogP contribution in [-0.2, 0) is 19.8 Å². The molecule has 0 radical (unpaired) electrons. The molecule has 0 heterocycles. The van der Waals surface area contributed by atoms with Gasteiger partial charge < -0.3 is 19.9 Å². The molecule has 0 aromatic heterocycles. The van der Waals surface area contributed by atoms with E-state index in [1.54, 1.807) is 48.5 Å². The zero-order valence-corrected chi connectivity index (χ0v) is 18.7. The molecule has 4 aromatic carbocycles. The van der Waals surface area contributed by atoms with Crippen molar-refractivity contribution in [3.05, 3.63) is 125 Å². The molecule has 0 aliphatic rings. The largest absolute Gasteiger partial charge is 0.485 e. The lowest BCUT2D eigenvalue weighted by Crippen LogP contribution is -2.04. The summed E-state index contributed by atoms with van der Waals surface area (Å²) in [5, 5.41) is 12.4. The first-order valence-electron chi connectivity index (χ1n) is 10.9. The van der Waals surface area contributed by atoms with Crippen molar-refractivity contribution in [2.45, 2.75) is 19.8 Å². The first-order chi connectivity index (χ1) is 17.0. The maximum atomic E-state index is 13.2. The van der Waals surface area contributed by atoms with Crippen LogP contribution in [0.4, 0.5) is 14.5 Å². The molecular formula is C28H23F2NO4. The maximum Gasteiger partial charge on any atom is 0.335 e. The lowest BCUT2D eigenvalue weighted by atomic mass is 10.1. The van der Waals surface area contributed by atoms with Gasteiger partial charge in [0.05, 0.1) is 5.56 Å². The number of anilines is 1. The van der Waals surface area contributed by atoms with Crippen LogP contribution >= 0.6 is 0 Å². The Morgan fingerprint density at radius 3 is 1.89 bits per heavy atom. The van der Waals surface area contributed by atoms with Gasteiger partial charge in [0.15, 0.2) is 11.5 Å². The van der Waals surface area contributed by atoms with Gasteiger partial charge in [-0.1, -0.05) is 36.4 Å². The fourth-order valence-corrected chi connectivity index (χ4v) is 3.34. The highest BCUT2D eigenvalue weighted by Gasteiger charge is 2.10. The molecule has 0 saturated heterocycles. The lowest BCUT2D eigenvalue weighted by Gasteiger charge is -2.15. The number of halogens is 2. The molecular weight excluding hydrogens is 452 g/mol. The number of carboxylic acid groups (broad SMARTS) is 1. The second-order valence-corrected chi connectivity index (χ2v) is 7.85. The van der Waals surface area contributed by atoms with Gasteiger partial charge in [0.25, 0.3) is 0 Å². The Hall–Kier alpha value is -4.39. The number of nitrogens with one attached hydrogen (secondary N) is 1. The molecule has 0 aliphatic heterocycles. The first kappa shape index (κ1) is 23.8. The first-order valence-corrected chi connectivity index (χ1v) is 10.9. The number of carbonyl (C=O) groups is 1. The molecule has 5 nitrogen and oxygen atoms in total. The van der Waals surface area contributed by atoms with Gasteiger partial charge in [-0.05, 0) is 71.3 Å². The summed E-state index contributed by atoms with van der Waals surface area (Å²) in [5.74, 6) is -0.629. The minimum absolute atomic E-state index is 0.197. The summed E-state index contributed by atoms with van der Waals surface area (Å²) in [4.78, 5) is 11.2. The number of rotatable bonds is 10. The Labute approximate surface area is 201 Å². The Morgan fingerprint density at radius 2 is 1.29 bits per heavy atom. The van der Waals surface area contributed by atoms with Crippen LogP contribution in [0.3, 0.4) is 0 Å². The Balaban J connectivity index is 1.49. The molecule has 178 valence electrons. The summed E-state index contributed by atoms with van der Waals surface area (Å²) >= 11 is 0. The highest BCUT2D eigenvalue weighted by atomic mass is 19.1. The van der Waals surface area contributed by atoms with E-state index in [4.69, 9.17) is 9.47 Å². The molecule has 0 aliphatic carbocycles. The topological polar surface area (TPSA) is 67.8 Å². The predicted molar refractivity (Wildman–Crippen MR) is 129 cm³/mol. The third-order valence-corrected chi connectivity index (χ3v) is 5.23. The van der Waals surface area contributed by atoms with Crippen LogP contribution in [0.25, 0.3) is 0 Å². The fourth-order valence-electron chi connectivity index (χ4n) is 3.34. The number of benzene rings is 4.